The molecule has 1 saturated carbocycles. The maximum atomic E-state index is 14.1. The third kappa shape index (κ3) is 3.92. The van der Waals surface area contributed by atoms with E-state index in [1.165, 1.54) is 26.0 Å². The van der Waals surface area contributed by atoms with Crippen LogP contribution in [0, 0.1) is 18.6 Å². The van der Waals surface area contributed by atoms with Crippen molar-refractivity contribution >= 4 is 22.4 Å². The molecule has 3 aromatic rings. The summed E-state index contributed by atoms with van der Waals surface area (Å²) in [6, 6.07) is 8.54. The van der Waals surface area contributed by atoms with Crippen molar-refractivity contribution in [3.05, 3.63) is 59.3 Å². The number of ketones is 1. The minimum atomic E-state index is -0.586. The average Bonchev–Trinajstić information content (AvgIpc) is 2.73. The molecule has 0 bridgehead atoms. The molecular formula is C24H25F2N3O. The molecule has 156 valence electrons. The van der Waals surface area contributed by atoms with Crippen molar-refractivity contribution in [2.24, 2.45) is 5.73 Å². The molecule has 0 amide bonds. The van der Waals surface area contributed by atoms with Gasteiger partial charge < -0.3 is 11.1 Å². The molecule has 30 heavy (non-hydrogen) atoms. The van der Waals surface area contributed by atoms with E-state index < -0.39 is 11.6 Å². The molecule has 1 fully saturated rings. The van der Waals surface area contributed by atoms with Crippen molar-refractivity contribution in [2.75, 3.05) is 5.32 Å². The van der Waals surface area contributed by atoms with Gasteiger partial charge in [0.1, 0.15) is 11.6 Å². The van der Waals surface area contributed by atoms with Crippen LogP contribution >= 0.6 is 0 Å². The van der Waals surface area contributed by atoms with Crippen molar-refractivity contribution in [3.8, 4) is 11.1 Å². The summed E-state index contributed by atoms with van der Waals surface area (Å²) < 4.78 is 28.2. The second-order valence-electron chi connectivity index (χ2n) is 8.16. The van der Waals surface area contributed by atoms with Crippen molar-refractivity contribution < 1.29 is 13.6 Å². The number of nitrogens with one attached hydrogen (secondary N) is 1. The quantitative estimate of drug-likeness (QED) is 0.568. The van der Waals surface area contributed by atoms with Gasteiger partial charge in [-0.2, -0.15) is 0 Å². The Morgan fingerprint density at radius 2 is 1.73 bits per heavy atom. The van der Waals surface area contributed by atoms with Gasteiger partial charge in [-0.25, -0.2) is 8.78 Å². The van der Waals surface area contributed by atoms with Crippen LogP contribution in [0.4, 0.5) is 14.5 Å². The smallest absolute Gasteiger partial charge is 0.163 e. The van der Waals surface area contributed by atoms with Crippen LogP contribution in [0.25, 0.3) is 22.0 Å². The minimum absolute atomic E-state index is 0.00191. The summed E-state index contributed by atoms with van der Waals surface area (Å²) in [7, 11) is 0. The number of nitrogens with two attached hydrogens (primary N) is 1. The minimum Gasteiger partial charge on any atom is -0.381 e. The Labute approximate surface area is 174 Å². The van der Waals surface area contributed by atoms with E-state index in [0.29, 0.717) is 22.2 Å². The number of anilines is 1. The van der Waals surface area contributed by atoms with Gasteiger partial charge in [-0.15, -0.1) is 0 Å². The van der Waals surface area contributed by atoms with Crippen LogP contribution in [0.3, 0.4) is 0 Å². The number of Topliss-reactive ketones (excluding diaryl/α,β-unsaturated/α-hetero) is 1. The molecule has 1 aliphatic carbocycles. The molecule has 6 heteroatoms. The number of hydrogen-bond donors (Lipinski definition) is 2. The zero-order chi connectivity index (χ0) is 21.4. The van der Waals surface area contributed by atoms with Crippen molar-refractivity contribution in [2.45, 2.75) is 51.6 Å². The topological polar surface area (TPSA) is 68.0 Å². The summed E-state index contributed by atoms with van der Waals surface area (Å²) in [5.74, 6) is -1.26. The zero-order valence-corrected chi connectivity index (χ0v) is 17.1. The maximum absolute atomic E-state index is 14.1. The predicted octanol–water partition coefficient (Wildman–Crippen LogP) is 5.37. The van der Waals surface area contributed by atoms with Crippen molar-refractivity contribution in [1.29, 1.82) is 0 Å². The fraction of sp³-hybridized carbons (Fsp3) is 0.333. The molecule has 2 aromatic carbocycles. The van der Waals surface area contributed by atoms with Crippen LogP contribution in [0.15, 0.2) is 36.5 Å². The lowest BCUT2D eigenvalue weighted by Gasteiger charge is -2.28. The van der Waals surface area contributed by atoms with E-state index >= 15 is 0 Å². The number of aromatic nitrogens is 1. The lowest BCUT2D eigenvalue weighted by Crippen LogP contribution is -2.33. The van der Waals surface area contributed by atoms with E-state index in [1.54, 1.807) is 12.3 Å². The van der Waals surface area contributed by atoms with Gasteiger partial charge in [-0.3, -0.25) is 9.78 Å². The molecule has 3 N–H and O–H groups in total. The van der Waals surface area contributed by atoms with Crippen LogP contribution in [-0.2, 0) is 0 Å². The average molecular weight is 409 g/mol. The first-order valence-corrected chi connectivity index (χ1v) is 10.3. The van der Waals surface area contributed by atoms with E-state index in [9.17, 15) is 13.6 Å². The molecule has 1 heterocycles. The number of rotatable bonds is 4. The number of carbonyl (C=O) groups is 1. The van der Waals surface area contributed by atoms with Gasteiger partial charge in [0.05, 0.1) is 16.8 Å². The summed E-state index contributed by atoms with van der Waals surface area (Å²) >= 11 is 0. The molecule has 1 aliphatic rings. The normalized spacial score (nSPS) is 19.1. The van der Waals surface area contributed by atoms with Gasteiger partial charge in [-0.1, -0.05) is 6.07 Å². The van der Waals surface area contributed by atoms with Gasteiger partial charge >= 0.3 is 0 Å². The molecule has 0 radical (unpaired) electrons. The molecule has 0 saturated heterocycles. The summed E-state index contributed by atoms with van der Waals surface area (Å²) in [6.07, 6.45) is 5.31. The summed E-state index contributed by atoms with van der Waals surface area (Å²) in [6.45, 7) is 2.93. The third-order valence-corrected chi connectivity index (χ3v) is 5.98. The van der Waals surface area contributed by atoms with Crippen LogP contribution in [-0.4, -0.2) is 22.9 Å². The zero-order valence-electron chi connectivity index (χ0n) is 17.1. The second kappa shape index (κ2) is 8.11. The van der Waals surface area contributed by atoms with Crippen LogP contribution in [0.1, 0.15) is 48.5 Å². The van der Waals surface area contributed by atoms with E-state index in [1.807, 2.05) is 12.1 Å². The Morgan fingerprint density at radius 1 is 1.07 bits per heavy atom. The number of carbonyl (C=O) groups excluding carboxylic acids is 1. The molecule has 0 spiro atoms. The van der Waals surface area contributed by atoms with E-state index in [0.717, 1.165) is 36.8 Å². The molecule has 4 nitrogen and oxygen atoms in total. The Bertz CT molecular complexity index is 1100. The molecule has 1 aromatic heterocycles. The molecule has 0 atom stereocenters. The molecule has 0 aliphatic heterocycles. The monoisotopic (exact) mass is 409 g/mol. The number of fused-ring (bicyclic) bond motifs is 1. The van der Waals surface area contributed by atoms with Gasteiger partial charge in [0, 0.05) is 29.2 Å². The Kier molecular flexibility index (Phi) is 5.52. The van der Waals surface area contributed by atoms with E-state index in [-0.39, 0.29) is 23.4 Å². The first kappa shape index (κ1) is 20.4. The Balaban J connectivity index is 1.82. The predicted molar refractivity (Wildman–Crippen MR) is 116 cm³/mol. The summed E-state index contributed by atoms with van der Waals surface area (Å²) in [5, 5.41) is 4.30. The van der Waals surface area contributed by atoms with Crippen molar-refractivity contribution in [3.63, 3.8) is 0 Å². The molecule has 4 rings (SSSR count). The van der Waals surface area contributed by atoms with Gasteiger partial charge in [0.2, 0.25) is 0 Å². The number of hydrogen-bond acceptors (Lipinski definition) is 4. The summed E-state index contributed by atoms with van der Waals surface area (Å²) in [4.78, 5) is 16.7. The van der Waals surface area contributed by atoms with Crippen LogP contribution in [0.5, 0.6) is 0 Å². The first-order chi connectivity index (χ1) is 14.3. The highest BCUT2D eigenvalue weighted by Gasteiger charge is 2.22. The number of halogens is 2. The SMILES string of the molecule is CC(=O)c1cnc2ccc(-c3cc(F)c(C)c(F)c3)cc2c1NC1CCC(N)CC1. The fourth-order valence-electron chi connectivity index (χ4n) is 4.07. The van der Waals surface area contributed by atoms with E-state index in [2.05, 4.69) is 10.3 Å². The maximum Gasteiger partial charge on any atom is 0.163 e. The fourth-order valence-corrected chi connectivity index (χ4v) is 4.07. The number of pyridine rings is 1. The van der Waals surface area contributed by atoms with Gasteiger partial charge in [0.15, 0.2) is 5.78 Å². The summed E-state index contributed by atoms with van der Waals surface area (Å²) in [5.41, 5.74) is 9.08. The first-order valence-electron chi connectivity index (χ1n) is 10.3. The van der Waals surface area contributed by atoms with Crippen LogP contribution < -0.4 is 11.1 Å². The molecule has 0 unspecified atom stereocenters. The highest BCUT2D eigenvalue weighted by Crippen LogP contribution is 2.33. The van der Waals surface area contributed by atoms with Crippen molar-refractivity contribution in [1.82, 2.24) is 4.98 Å². The lowest BCUT2D eigenvalue weighted by atomic mass is 9.91. The van der Waals surface area contributed by atoms with E-state index in [4.69, 9.17) is 5.73 Å². The standard InChI is InChI=1S/C24H25F2N3O/c1-13-21(25)10-16(11-22(13)26)15-3-8-23-19(9-15)24(20(12-28-23)14(2)30)29-18-6-4-17(27)5-7-18/h3,8-12,17-18H,4-7,27H2,1-2H3,(H,28,29). The third-order valence-electron chi connectivity index (χ3n) is 5.98. The highest BCUT2D eigenvalue weighted by atomic mass is 19.1. The lowest BCUT2D eigenvalue weighted by molar-refractivity contribution is 0.101. The Hall–Kier alpha value is -2.86. The van der Waals surface area contributed by atoms with Crippen LogP contribution in [0.2, 0.25) is 0 Å². The highest BCUT2D eigenvalue weighted by molar-refractivity contribution is 6.07. The number of nitrogens with zero attached hydrogens (tertiary/aromatic N) is 1. The largest absolute Gasteiger partial charge is 0.381 e. The van der Waals surface area contributed by atoms with Gasteiger partial charge in [-0.05, 0) is 74.9 Å². The second-order valence-corrected chi connectivity index (χ2v) is 8.16. The molecular weight excluding hydrogens is 384 g/mol. The van der Waals surface area contributed by atoms with Gasteiger partial charge in [0.25, 0.3) is 0 Å². The Morgan fingerprint density at radius 3 is 2.37 bits per heavy atom. The number of benzene rings is 2.